The molecule has 1 aliphatic carbocycles. The van der Waals surface area contributed by atoms with Gasteiger partial charge in [-0.1, -0.05) is 48.2 Å². The van der Waals surface area contributed by atoms with E-state index in [1.807, 2.05) is 0 Å². The number of nitrogens with zero attached hydrogens (tertiary/aromatic N) is 1. The van der Waals surface area contributed by atoms with Crippen LogP contribution in [0.15, 0.2) is 54.4 Å². The van der Waals surface area contributed by atoms with Crippen LogP contribution in [0, 0.1) is 0 Å². The molecule has 0 spiro atoms. The summed E-state index contributed by atoms with van der Waals surface area (Å²) >= 11 is 1.35. The van der Waals surface area contributed by atoms with Crippen LogP contribution in [0.5, 0.6) is 0 Å². The summed E-state index contributed by atoms with van der Waals surface area (Å²) in [5, 5.41) is 4.26. The van der Waals surface area contributed by atoms with Crippen LogP contribution in [0.4, 0.5) is 4.79 Å². The van der Waals surface area contributed by atoms with E-state index in [4.69, 9.17) is 0 Å². The Morgan fingerprint density at radius 3 is 2.92 bits per heavy atom. The lowest BCUT2D eigenvalue weighted by Gasteiger charge is -2.14. The Bertz CT molecular complexity index is 833. The van der Waals surface area contributed by atoms with Gasteiger partial charge in [-0.3, -0.25) is 4.79 Å². The third-order valence-electron chi connectivity index (χ3n) is 4.94. The van der Waals surface area contributed by atoms with E-state index in [9.17, 15) is 4.79 Å². The Kier molecular flexibility index (Phi) is 4.23. The van der Waals surface area contributed by atoms with Crippen LogP contribution in [-0.4, -0.2) is 15.1 Å². The highest BCUT2D eigenvalue weighted by molar-refractivity contribution is 8.14. The van der Waals surface area contributed by atoms with Crippen molar-refractivity contribution in [1.82, 2.24) is 9.88 Å². The summed E-state index contributed by atoms with van der Waals surface area (Å²) in [6, 6.07) is 8.58. The molecule has 0 radical (unpaired) electrons. The molecule has 1 atom stereocenters. The topological polar surface area (TPSA) is 34.0 Å². The minimum atomic E-state index is 0.0149. The van der Waals surface area contributed by atoms with Crippen LogP contribution in [0.1, 0.15) is 31.2 Å². The van der Waals surface area contributed by atoms with Gasteiger partial charge < -0.3 is 9.88 Å². The number of carbonyl (C=O) groups excluding carboxylic acids is 1. The number of rotatable bonds is 4. The molecule has 1 amide bonds. The van der Waals surface area contributed by atoms with E-state index in [0.717, 1.165) is 18.7 Å². The van der Waals surface area contributed by atoms with Gasteiger partial charge in [0.1, 0.15) is 0 Å². The normalized spacial score (nSPS) is 21.2. The lowest BCUT2D eigenvalue weighted by Crippen LogP contribution is -2.12. The number of carbonyl (C=O) groups is 1. The molecule has 4 heteroatoms. The maximum absolute atomic E-state index is 11.6. The number of allylic oxidation sites excluding steroid dienone is 2. The van der Waals surface area contributed by atoms with Gasteiger partial charge in [0.15, 0.2) is 0 Å². The number of benzene rings is 1. The van der Waals surface area contributed by atoms with Gasteiger partial charge in [-0.15, -0.1) is 0 Å². The quantitative estimate of drug-likeness (QED) is 0.794. The van der Waals surface area contributed by atoms with Crippen LogP contribution in [0.25, 0.3) is 10.9 Å². The molecular weight excluding hydrogens is 316 g/mol. The van der Waals surface area contributed by atoms with E-state index in [1.54, 1.807) is 5.57 Å². The average molecular weight is 338 g/mol. The zero-order chi connectivity index (χ0) is 16.5. The molecule has 1 fully saturated rings. The van der Waals surface area contributed by atoms with Gasteiger partial charge in [0.05, 0.1) is 5.25 Å². The summed E-state index contributed by atoms with van der Waals surface area (Å²) in [5.41, 5.74) is 4.96. The zero-order valence-electron chi connectivity index (χ0n) is 13.8. The first-order chi connectivity index (χ1) is 11.7. The fourth-order valence-electron chi connectivity index (χ4n) is 3.69. The smallest absolute Gasteiger partial charge is 0.283 e. The predicted octanol–water partition coefficient (Wildman–Crippen LogP) is 5.02. The standard InChI is InChI=1S/C20H22N2OS/c1-14-19(24-20(23)21-14)11-16-13-22(12-15-7-3-2-4-8-15)18-10-6-5-9-17(16)18/h5-7,9-10,13,19H,1-4,8,11-12H2,(H,21,23). The number of fused-ring (bicyclic) bond motifs is 1. The summed E-state index contributed by atoms with van der Waals surface area (Å²) in [5.74, 6) is 0. The minimum absolute atomic E-state index is 0.0149. The number of aromatic nitrogens is 1. The summed E-state index contributed by atoms with van der Waals surface area (Å²) in [7, 11) is 0. The maximum atomic E-state index is 11.6. The number of para-hydroxylation sites is 1. The molecule has 2 aromatic rings. The van der Waals surface area contributed by atoms with Gasteiger partial charge in [0, 0.05) is 29.3 Å². The van der Waals surface area contributed by atoms with E-state index in [2.05, 4.69) is 53.0 Å². The summed E-state index contributed by atoms with van der Waals surface area (Å²) in [6.45, 7) is 4.98. The van der Waals surface area contributed by atoms with Crippen LogP contribution < -0.4 is 5.32 Å². The third kappa shape index (κ3) is 3.03. The van der Waals surface area contributed by atoms with E-state index in [-0.39, 0.29) is 10.5 Å². The molecule has 1 aromatic heterocycles. The first-order valence-electron chi connectivity index (χ1n) is 8.62. The van der Waals surface area contributed by atoms with Crippen LogP contribution in [0.2, 0.25) is 0 Å². The van der Waals surface area contributed by atoms with Crippen molar-refractivity contribution in [2.24, 2.45) is 0 Å². The van der Waals surface area contributed by atoms with Gasteiger partial charge in [-0.25, -0.2) is 0 Å². The Morgan fingerprint density at radius 1 is 1.29 bits per heavy atom. The molecule has 3 nitrogen and oxygen atoms in total. The van der Waals surface area contributed by atoms with Crippen molar-refractivity contribution >= 4 is 27.9 Å². The van der Waals surface area contributed by atoms with Crippen LogP contribution in [-0.2, 0) is 13.0 Å². The Hall–Kier alpha value is -1.94. The number of hydrogen-bond acceptors (Lipinski definition) is 2. The molecule has 24 heavy (non-hydrogen) atoms. The Labute approximate surface area is 146 Å². The number of thioether (sulfide) groups is 1. The summed E-state index contributed by atoms with van der Waals surface area (Å²) < 4.78 is 2.37. The van der Waals surface area contributed by atoms with Gasteiger partial charge in [-0.05, 0) is 43.7 Å². The fourth-order valence-corrected chi connectivity index (χ4v) is 4.60. The second-order valence-electron chi connectivity index (χ2n) is 6.66. The monoisotopic (exact) mass is 338 g/mol. The van der Waals surface area contributed by atoms with Gasteiger partial charge in [-0.2, -0.15) is 0 Å². The molecule has 0 saturated carbocycles. The number of amides is 1. The van der Waals surface area contributed by atoms with Crippen molar-refractivity contribution in [3.05, 3.63) is 60.0 Å². The molecule has 2 heterocycles. The zero-order valence-corrected chi connectivity index (χ0v) is 14.6. The molecular formula is C20H22N2OS. The Balaban J connectivity index is 1.65. The lowest BCUT2D eigenvalue weighted by molar-refractivity contribution is 0.263. The Morgan fingerprint density at radius 2 is 2.17 bits per heavy atom. The van der Waals surface area contributed by atoms with Crippen LogP contribution >= 0.6 is 11.8 Å². The van der Waals surface area contributed by atoms with Gasteiger partial charge in [0.2, 0.25) is 0 Å². The molecule has 1 unspecified atom stereocenters. The fraction of sp³-hybridized carbons (Fsp3) is 0.350. The van der Waals surface area contributed by atoms with E-state index in [1.165, 1.54) is 53.9 Å². The largest absolute Gasteiger partial charge is 0.343 e. The number of hydrogen-bond donors (Lipinski definition) is 1. The highest BCUT2D eigenvalue weighted by atomic mass is 32.2. The molecule has 4 rings (SSSR count). The van der Waals surface area contributed by atoms with Crippen molar-refractivity contribution in [3.63, 3.8) is 0 Å². The maximum Gasteiger partial charge on any atom is 0.283 e. The van der Waals surface area contributed by atoms with Crippen molar-refractivity contribution < 1.29 is 4.79 Å². The first-order valence-corrected chi connectivity index (χ1v) is 9.50. The third-order valence-corrected chi connectivity index (χ3v) is 5.99. The first kappa shape index (κ1) is 15.6. The van der Waals surface area contributed by atoms with Crippen molar-refractivity contribution in [1.29, 1.82) is 0 Å². The highest BCUT2D eigenvalue weighted by Gasteiger charge is 2.27. The summed E-state index contributed by atoms with van der Waals surface area (Å²) in [6.07, 6.45) is 10.6. The van der Waals surface area contributed by atoms with Crippen molar-refractivity contribution in [2.45, 2.75) is 43.9 Å². The molecule has 124 valence electrons. The van der Waals surface area contributed by atoms with Crippen molar-refractivity contribution in [2.75, 3.05) is 0 Å². The highest BCUT2D eigenvalue weighted by Crippen LogP contribution is 2.32. The average Bonchev–Trinajstić information content (AvgIpc) is 3.09. The SMILES string of the molecule is C=C1NC(=O)SC1Cc1cn(CC2=CCCCC2)c2ccccc12. The predicted molar refractivity (Wildman–Crippen MR) is 101 cm³/mol. The molecule has 1 aromatic carbocycles. The van der Waals surface area contributed by atoms with Crippen LogP contribution in [0.3, 0.4) is 0 Å². The molecule has 1 saturated heterocycles. The minimum Gasteiger partial charge on any atom is -0.343 e. The summed E-state index contributed by atoms with van der Waals surface area (Å²) in [4.78, 5) is 11.6. The van der Waals surface area contributed by atoms with E-state index < -0.39 is 0 Å². The molecule has 1 aliphatic heterocycles. The number of nitrogens with one attached hydrogen (secondary N) is 1. The second kappa shape index (κ2) is 6.52. The van der Waals surface area contributed by atoms with E-state index >= 15 is 0 Å². The van der Waals surface area contributed by atoms with Gasteiger partial charge >= 0.3 is 0 Å². The second-order valence-corrected chi connectivity index (χ2v) is 7.83. The van der Waals surface area contributed by atoms with E-state index in [0.29, 0.717) is 0 Å². The molecule has 1 N–H and O–H groups in total. The van der Waals surface area contributed by atoms with Crippen molar-refractivity contribution in [3.8, 4) is 0 Å². The lowest BCUT2D eigenvalue weighted by atomic mass is 10.00. The molecule has 0 bridgehead atoms. The van der Waals surface area contributed by atoms with Gasteiger partial charge in [0.25, 0.3) is 5.24 Å². The molecule has 2 aliphatic rings.